The number of anilines is 1. The molecule has 3 heterocycles. The van der Waals surface area contributed by atoms with Crippen LogP contribution in [0.2, 0.25) is 0 Å². The van der Waals surface area contributed by atoms with Gasteiger partial charge in [-0.05, 0) is 25.1 Å². The van der Waals surface area contributed by atoms with Gasteiger partial charge in [-0.1, -0.05) is 12.1 Å². The lowest BCUT2D eigenvalue weighted by Gasteiger charge is -2.34. The number of para-hydroxylation sites is 1. The molecule has 2 amide bonds. The summed E-state index contributed by atoms with van der Waals surface area (Å²) in [7, 11) is 0. The number of fused-ring (bicyclic) bond motifs is 1. The van der Waals surface area contributed by atoms with Gasteiger partial charge in [-0.3, -0.25) is 14.5 Å². The van der Waals surface area contributed by atoms with Crippen molar-refractivity contribution in [2.24, 2.45) is 0 Å². The minimum Gasteiger partial charge on any atom is -0.336 e. The van der Waals surface area contributed by atoms with Gasteiger partial charge in [0, 0.05) is 38.6 Å². The van der Waals surface area contributed by atoms with Gasteiger partial charge in [0.2, 0.25) is 5.91 Å². The van der Waals surface area contributed by atoms with Crippen LogP contribution in [0.15, 0.2) is 42.7 Å². The van der Waals surface area contributed by atoms with E-state index >= 15 is 0 Å². The molecule has 0 radical (unpaired) electrons. The maximum absolute atomic E-state index is 13.1. The molecule has 8 nitrogen and oxygen atoms in total. The first-order chi connectivity index (χ1) is 15.2. The number of piperazine rings is 1. The highest BCUT2D eigenvalue weighted by molar-refractivity contribution is 6.01. The molecule has 0 bridgehead atoms. The minimum absolute atomic E-state index is 0.0640. The topological polar surface area (TPSA) is 82.8 Å². The van der Waals surface area contributed by atoms with E-state index in [0.717, 1.165) is 6.07 Å². The van der Waals surface area contributed by atoms with E-state index in [1.165, 1.54) is 18.2 Å². The zero-order valence-electron chi connectivity index (χ0n) is 17.3. The van der Waals surface area contributed by atoms with Crippen molar-refractivity contribution in [3.63, 3.8) is 0 Å². The fourth-order valence-electron chi connectivity index (χ4n) is 3.75. The Hall–Kier alpha value is -3.47. The van der Waals surface area contributed by atoms with Crippen LogP contribution in [0, 0.1) is 6.92 Å². The maximum Gasteiger partial charge on any atom is 0.418 e. The molecule has 168 valence electrons. The molecule has 0 aliphatic carbocycles. The number of carbonyl (C=O) groups is 2. The summed E-state index contributed by atoms with van der Waals surface area (Å²) in [6.07, 6.45) is -1.23. The van der Waals surface area contributed by atoms with Gasteiger partial charge in [-0.15, -0.1) is 0 Å². The van der Waals surface area contributed by atoms with E-state index in [2.05, 4.69) is 15.4 Å². The van der Waals surface area contributed by atoms with Crippen molar-refractivity contribution in [1.29, 1.82) is 0 Å². The Labute approximate surface area is 181 Å². The number of rotatable bonds is 4. The van der Waals surface area contributed by atoms with Crippen LogP contribution in [0.25, 0.3) is 5.65 Å². The summed E-state index contributed by atoms with van der Waals surface area (Å²) < 4.78 is 40.9. The average Bonchev–Trinajstić information content (AvgIpc) is 3.09. The monoisotopic (exact) mass is 446 g/mol. The minimum atomic E-state index is -4.55. The Balaban J connectivity index is 1.36. The molecular weight excluding hydrogens is 425 g/mol. The van der Waals surface area contributed by atoms with Gasteiger partial charge in [-0.25, -0.2) is 9.50 Å². The first-order valence-corrected chi connectivity index (χ1v) is 10.0. The summed E-state index contributed by atoms with van der Waals surface area (Å²) in [5, 5.41) is 6.66. The second-order valence-corrected chi connectivity index (χ2v) is 7.51. The molecular formula is C21H21F3N6O2. The second kappa shape index (κ2) is 8.58. The molecule has 32 heavy (non-hydrogen) atoms. The molecule has 11 heteroatoms. The first-order valence-electron chi connectivity index (χ1n) is 10.0. The van der Waals surface area contributed by atoms with E-state index in [-0.39, 0.29) is 18.1 Å². The summed E-state index contributed by atoms with van der Waals surface area (Å²) in [6, 6.07) is 6.59. The largest absolute Gasteiger partial charge is 0.418 e. The Morgan fingerprint density at radius 2 is 1.81 bits per heavy atom. The summed E-state index contributed by atoms with van der Waals surface area (Å²) in [5.74, 6) is -0.719. The van der Waals surface area contributed by atoms with Crippen LogP contribution in [-0.2, 0) is 11.0 Å². The van der Waals surface area contributed by atoms with Crippen LogP contribution in [0.3, 0.4) is 0 Å². The first kappa shape index (κ1) is 21.8. The smallest absolute Gasteiger partial charge is 0.336 e. The van der Waals surface area contributed by atoms with Crippen molar-refractivity contribution >= 4 is 23.1 Å². The van der Waals surface area contributed by atoms with Crippen molar-refractivity contribution in [2.75, 3.05) is 38.0 Å². The zero-order chi connectivity index (χ0) is 22.9. The van der Waals surface area contributed by atoms with Gasteiger partial charge < -0.3 is 10.2 Å². The number of hydrogen-bond donors (Lipinski definition) is 1. The lowest BCUT2D eigenvalue weighted by molar-refractivity contribution is -0.137. The molecule has 3 aromatic rings. The molecule has 0 atom stereocenters. The Bertz CT molecular complexity index is 1150. The maximum atomic E-state index is 13.1. The van der Waals surface area contributed by atoms with Gasteiger partial charge in [-0.2, -0.15) is 18.3 Å². The number of aromatic nitrogens is 3. The molecule has 1 aromatic carbocycles. The van der Waals surface area contributed by atoms with Crippen molar-refractivity contribution in [1.82, 2.24) is 24.4 Å². The third kappa shape index (κ3) is 4.42. The average molecular weight is 446 g/mol. The van der Waals surface area contributed by atoms with Crippen molar-refractivity contribution in [2.45, 2.75) is 13.1 Å². The molecule has 2 aromatic heterocycles. The van der Waals surface area contributed by atoms with Crippen molar-refractivity contribution < 1.29 is 22.8 Å². The highest BCUT2D eigenvalue weighted by Gasteiger charge is 2.34. The summed E-state index contributed by atoms with van der Waals surface area (Å²) in [4.78, 5) is 33.1. The van der Waals surface area contributed by atoms with E-state index in [9.17, 15) is 22.8 Å². The van der Waals surface area contributed by atoms with Gasteiger partial charge >= 0.3 is 6.18 Å². The Morgan fingerprint density at radius 3 is 2.53 bits per heavy atom. The third-order valence-corrected chi connectivity index (χ3v) is 5.32. The number of hydrogen-bond acceptors (Lipinski definition) is 5. The summed E-state index contributed by atoms with van der Waals surface area (Å²) >= 11 is 0. The van der Waals surface area contributed by atoms with Gasteiger partial charge in [0.25, 0.3) is 5.91 Å². The normalized spacial score (nSPS) is 15.2. The number of carbonyl (C=O) groups excluding carboxylic acids is 2. The van der Waals surface area contributed by atoms with E-state index in [1.807, 2.05) is 0 Å². The number of nitrogens with zero attached hydrogens (tertiary/aromatic N) is 5. The predicted octanol–water partition coefficient (Wildman–Crippen LogP) is 2.45. The van der Waals surface area contributed by atoms with Crippen LogP contribution < -0.4 is 5.32 Å². The van der Waals surface area contributed by atoms with Crippen molar-refractivity contribution in [3.8, 4) is 0 Å². The lowest BCUT2D eigenvalue weighted by atomic mass is 10.1. The third-order valence-electron chi connectivity index (χ3n) is 5.32. The molecule has 0 spiro atoms. The molecule has 1 aliphatic heterocycles. The predicted molar refractivity (Wildman–Crippen MR) is 110 cm³/mol. The van der Waals surface area contributed by atoms with E-state index in [0.29, 0.717) is 43.1 Å². The molecule has 0 unspecified atom stereocenters. The van der Waals surface area contributed by atoms with E-state index in [1.54, 1.807) is 39.7 Å². The summed E-state index contributed by atoms with van der Waals surface area (Å²) in [6.45, 7) is 3.30. The van der Waals surface area contributed by atoms with E-state index in [4.69, 9.17) is 0 Å². The Morgan fingerprint density at radius 1 is 1.09 bits per heavy atom. The van der Waals surface area contributed by atoms with Crippen LogP contribution in [-0.4, -0.2) is 68.9 Å². The van der Waals surface area contributed by atoms with Crippen LogP contribution in [0.4, 0.5) is 18.9 Å². The lowest BCUT2D eigenvalue weighted by Crippen LogP contribution is -2.50. The van der Waals surface area contributed by atoms with Gasteiger partial charge in [0.1, 0.15) is 5.56 Å². The van der Waals surface area contributed by atoms with Crippen LogP contribution in [0.5, 0.6) is 0 Å². The quantitative estimate of drug-likeness (QED) is 0.666. The van der Waals surface area contributed by atoms with Crippen LogP contribution in [0.1, 0.15) is 21.6 Å². The molecule has 1 saturated heterocycles. The second-order valence-electron chi connectivity index (χ2n) is 7.51. The van der Waals surface area contributed by atoms with Gasteiger partial charge in [0.15, 0.2) is 5.65 Å². The number of aryl methyl sites for hydroxylation is 1. The zero-order valence-corrected chi connectivity index (χ0v) is 17.3. The Kier molecular flexibility index (Phi) is 5.83. The standard InChI is InChI=1S/C21H21F3N6O2/c1-14-18(19-25-7-4-8-30(19)27-14)20(32)29-11-9-28(10-12-29)13-17(31)26-16-6-3-2-5-15(16)21(22,23)24/h2-8H,9-13H2,1H3,(H,26,31). The molecule has 1 fully saturated rings. The van der Waals surface area contributed by atoms with E-state index < -0.39 is 17.6 Å². The SMILES string of the molecule is Cc1nn2cccnc2c1C(=O)N1CCN(CC(=O)Nc2ccccc2C(F)(F)F)CC1. The van der Waals surface area contributed by atoms with Crippen LogP contribution >= 0.6 is 0 Å². The molecule has 1 aliphatic rings. The van der Waals surface area contributed by atoms with Crippen molar-refractivity contribution in [3.05, 3.63) is 59.5 Å². The molecule has 4 rings (SSSR count). The number of amides is 2. The highest BCUT2D eigenvalue weighted by atomic mass is 19.4. The number of alkyl halides is 3. The fraction of sp³-hybridized carbons (Fsp3) is 0.333. The number of benzene rings is 1. The highest BCUT2D eigenvalue weighted by Crippen LogP contribution is 2.34. The molecule has 0 saturated carbocycles. The summed E-state index contributed by atoms with van der Waals surface area (Å²) in [5.41, 5.74) is 0.357. The van der Waals surface area contributed by atoms with Gasteiger partial charge in [0.05, 0.1) is 23.5 Å². The number of nitrogens with one attached hydrogen (secondary N) is 1. The fourth-order valence-corrected chi connectivity index (χ4v) is 3.75. The molecule has 1 N–H and O–H groups in total. The number of halogens is 3.